The SMILES string of the molecule is CC(C)(C)C(CCO)N1C(=O)C2CCCC2C1=O. The highest BCUT2D eigenvalue weighted by Crippen LogP contribution is 2.43. The Balaban J connectivity index is 2.26. The summed E-state index contributed by atoms with van der Waals surface area (Å²) in [6, 6.07) is -0.187. The first-order valence-corrected chi connectivity index (χ1v) is 6.85. The van der Waals surface area contributed by atoms with Crippen LogP contribution in [0.3, 0.4) is 0 Å². The van der Waals surface area contributed by atoms with E-state index in [9.17, 15) is 14.7 Å². The van der Waals surface area contributed by atoms with Gasteiger partial charge in [-0.05, 0) is 24.7 Å². The first-order valence-electron chi connectivity index (χ1n) is 6.85. The van der Waals surface area contributed by atoms with Crippen LogP contribution in [0.15, 0.2) is 0 Å². The number of hydrogen-bond acceptors (Lipinski definition) is 3. The summed E-state index contributed by atoms with van der Waals surface area (Å²) in [5.41, 5.74) is -0.188. The van der Waals surface area contributed by atoms with E-state index >= 15 is 0 Å². The number of imide groups is 1. The number of rotatable bonds is 3. The van der Waals surface area contributed by atoms with Gasteiger partial charge in [0, 0.05) is 12.6 Å². The lowest BCUT2D eigenvalue weighted by molar-refractivity contribution is -0.146. The predicted octanol–water partition coefficient (Wildman–Crippen LogP) is 1.57. The molecule has 2 fully saturated rings. The Kier molecular flexibility index (Phi) is 3.49. The van der Waals surface area contributed by atoms with Crippen LogP contribution >= 0.6 is 0 Å². The number of carbonyl (C=O) groups excluding carboxylic acids is 2. The smallest absolute Gasteiger partial charge is 0.233 e. The number of nitrogens with zero attached hydrogens (tertiary/aromatic N) is 1. The Bertz CT molecular complexity index is 337. The average Bonchev–Trinajstić information content (AvgIpc) is 2.81. The lowest BCUT2D eigenvalue weighted by Gasteiger charge is -2.37. The number of fused-ring (bicyclic) bond motifs is 1. The Labute approximate surface area is 108 Å². The van der Waals surface area contributed by atoms with E-state index in [0.717, 1.165) is 19.3 Å². The van der Waals surface area contributed by atoms with E-state index in [1.54, 1.807) is 0 Å². The maximum atomic E-state index is 12.4. The third-order valence-electron chi connectivity index (χ3n) is 4.34. The van der Waals surface area contributed by atoms with Gasteiger partial charge in [-0.3, -0.25) is 14.5 Å². The van der Waals surface area contributed by atoms with Crippen LogP contribution in [0, 0.1) is 17.3 Å². The topological polar surface area (TPSA) is 57.6 Å². The van der Waals surface area contributed by atoms with Crippen LogP contribution in [0.25, 0.3) is 0 Å². The number of likely N-dealkylation sites (tertiary alicyclic amines) is 1. The van der Waals surface area contributed by atoms with Gasteiger partial charge < -0.3 is 5.11 Å². The number of aliphatic hydroxyl groups is 1. The van der Waals surface area contributed by atoms with Crippen molar-refractivity contribution in [2.24, 2.45) is 17.3 Å². The normalized spacial score (nSPS) is 29.9. The van der Waals surface area contributed by atoms with Gasteiger partial charge in [0.25, 0.3) is 0 Å². The highest BCUT2D eigenvalue weighted by atomic mass is 16.3. The monoisotopic (exact) mass is 253 g/mol. The summed E-state index contributed by atoms with van der Waals surface area (Å²) in [7, 11) is 0. The second kappa shape index (κ2) is 4.65. The van der Waals surface area contributed by atoms with Crippen molar-refractivity contribution in [3.8, 4) is 0 Å². The van der Waals surface area contributed by atoms with Gasteiger partial charge >= 0.3 is 0 Å². The highest BCUT2D eigenvalue weighted by Gasteiger charge is 2.53. The van der Waals surface area contributed by atoms with Crippen molar-refractivity contribution in [2.45, 2.75) is 52.5 Å². The Morgan fingerprint density at radius 1 is 1.22 bits per heavy atom. The summed E-state index contributed by atoms with van der Waals surface area (Å²) in [6.07, 6.45) is 3.16. The van der Waals surface area contributed by atoms with Crippen LogP contribution in [0.4, 0.5) is 0 Å². The van der Waals surface area contributed by atoms with Gasteiger partial charge in [-0.2, -0.15) is 0 Å². The predicted molar refractivity (Wildman–Crippen MR) is 67.6 cm³/mol. The minimum atomic E-state index is -0.188. The van der Waals surface area contributed by atoms with Crippen LogP contribution in [-0.4, -0.2) is 34.5 Å². The number of amides is 2. The summed E-state index contributed by atoms with van der Waals surface area (Å²) in [5.74, 6) is -0.172. The maximum absolute atomic E-state index is 12.4. The Hall–Kier alpha value is -0.900. The molecule has 0 aromatic heterocycles. The summed E-state index contributed by atoms with van der Waals surface area (Å²) >= 11 is 0. The van der Waals surface area contributed by atoms with Crippen LogP contribution in [0.2, 0.25) is 0 Å². The molecule has 0 radical (unpaired) electrons. The lowest BCUT2D eigenvalue weighted by atomic mass is 9.83. The van der Waals surface area contributed by atoms with E-state index in [1.165, 1.54) is 4.90 Å². The minimum Gasteiger partial charge on any atom is -0.396 e. The van der Waals surface area contributed by atoms with E-state index < -0.39 is 0 Å². The second-order valence-corrected chi connectivity index (χ2v) is 6.58. The molecule has 2 rings (SSSR count). The molecule has 2 amide bonds. The van der Waals surface area contributed by atoms with Gasteiger partial charge in [0.1, 0.15) is 0 Å². The molecule has 3 atom stereocenters. The molecule has 1 N–H and O–H groups in total. The van der Waals surface area contributed by atoms with Gasteiger partial charge in [0.2, 0.25) is 11.8 Å². The van der Waals surface area contributed by atoms with E-state index in [4.69, 9.17) is 0 Å². The molecule has 1 saturated carbocycles. The highest BCUT2D eigenvalue weighted by molar-refractivity contribution is 6.05. The molecule has 0 aromatic carbocycles. The molecule has 1 heterocycles. The number of carbonyl (C=O) groups is 2. The molecular formula is C14H23NO3. The molecule has 4 nitrogen and oxygen atoms in total. The minimum absolute atomic E-state index is 0.00382. The standard InChI is InChI=1S/C14H23NO3/c1-14(2,3)11(7-8-16)15-12(17)9-5-4-6-10(9)13(15)18/h9-11,16H,4-8H2,1-3H3. The van der Waals surface area contributed by atoms with Crippen LogP contribution in [0.1, 0.15) is 46.5 Å². The molecule has 1 aliphatic carbocycles. The Morgan fingerprint density at radius 2 is 1.72 bits per heavy atom. The summed E-state index contributed by atoms with van der Waals surface area (Å²) in [6.45, 7) is 6.06. The van der Waals surface area contributed by atoms with E-state index in [1.807, 2.05) is 20.8 Å². The molecule has 4 heteroatoms. The van der Waals surface area contributed by atoms with Crippen molar-refractivity contribution in [3.63, 3.8) is 0 Å². The van der Waals surface area contributed by atoms with E-state index in [0.29, 0.717) is 6.42 Å². The van der Waals surface area contributed by atoms with Gasteiger partial charge in [0.05, 0.1) is 11.8 Å². The quantitative estimate of drug-likeness (QED) is 0.777. The van der Waals surface area contributed by atoms with Gasteiger partial charge in [-0.15, -0.1) is 0 Å². The number of aliphatic hydroxyl groups excluding tert-OH is 1. The van der Waals surface area contributed by atoms with Crippen LogP contribution in [0.5, 0.6) is 0 Å². The summed E-state index contributed by atoms with van der Waals surface area (Å²) < 4.78 is 0. The average molecular weight is 253 g/mol. The van der Waals surface area contributed by atoms with Gasteiger partial charge in [-0.25, -0.2) is 0 Å². The van der Waals surface area contributed by atoms with Crippen molar-refractivity contribution >= 4 is 11.8 Å². The van der Waals surface area contributed by atoms with Crippen molar-refractivity contribution < 1.29 is 14.7 Å². The van der Waals surface area contributed by atoms with Crippen LogP contribution in [-0.2, 0) is 9.59 Å². The fourth-order valence-corrected chi connectivity index (χ4v) is 3.40. The Morgan fingerprint density at radius 3 is 2.11 bits per heavy atom. The zero-order valence-electron chi connectivity index (χ0n) is 11.5. The molecule has 18 heavy (non-hydrogen) atoms. The lowest BCUT2D eigenvalue weighted by Crippen LogP contribution is -2.48. The second-order valence-electron chi connectivity index (χ2n) is 6.58. The molecular weight excluding hydrogens is 230 g/mol. The summed E-state index contributed by atoms with van der Waals surface area (Å²) in [5, 5.41) is 9.19. The molecule has 0 bridgehead atoms. The largest absolute Gasteiger partial charge is 0.396 e. The van der Waals surface area contributed by atoms with Crippen molar-refractivity contribution in [1.82, 2.24) is 4.90 Å². The van der Waals surface area contributed by atoms with E-state index in [-0.39, 0.29) is 41.7 Å². The molecule has 3 unspecified atom stereocenters. The van der Waals surface area contributed by atoms with Gasteiger partial charge in [-0.1, -0.05) is 27.2 Å². The van der Waals surface area contributed by atoms with Gasteiger partial charge in [0.15, 0.2) is 0 Å². The first-order chi connectivity index (χ1) is 8.38. The molecule has 0 spiro atoms. The third-order valence-corrected chi connectivity index (χ3v) is 4.34. The van der Waals surface area contributed by atoms with Crippen LogP contribution < -0.4 is 0 Å². The first kappa shape index (κ1) is 13.5. The molecule has 0 aromatic rings. The fraction of sp³-hybridized carbons (Fsp3) is 0.857. The van der Waals surface area contributed by atoms with Crippen molar-refractivity contribution in [3.05, 3.63) is 0 Å². The number of hydrogen-bond donors (Lipinski definition) is 1. The maximum Gasteiger partial charge on any atom is 0.233 e. The zero-order valence-corrected chi connectivity index (χ0v) is 11.5. The van der Waals surface area contributed by atoms with Crippen molar-refractivity contribution in [2.75, 3.05) is 6.61 Å². The molecule has 1 aliphatic heterocycles. The molecule has 2 aliphatic rings. The third kappa shape index (κ3) is 2.07. The van der Waals surface area contributed by atoms with E-state index in [2.05, 4.69) is 0 Å². The zero-order chi connectivity index (χ0) is 13.5. The fourth-order valence-electron chi connectivity index (χ4n) is 3.40. The molecule has 102 valence electrons. The molecule has 1 saturated heterocycles. The summed E-state index contributed by atoms with van der Waals surface area (Å²) in [4.78, 5) is 26.2. The van der Waals surface area contributed by atoms with Crippen molar-refractivity contribution in [1.29, 1.82) is 0 Å².